The molecule has 164 valence electrons. The van der Waals surface area contributed by atoms with E-state index in [1.807, 2.05) is 61.6 Å². The van der Waals surface area contributed by atoms with Crippen molar-refractivity contribution in [2.75, 3.05) is 0 Å². The van der Waals surface area contributed by atoms with Gasteiger partial charge in [-0.3, -0.25) is 14.5 Å². The fraction of sp³-hybridized carbons (Fsp3) is 0.115. The van der Waals surface area contributed by atoms with Crippen LogP contribution in [0.3, 0.4) is 0 Å². The number of aryl methyl sites for hydroxylation is 1. The van der Waals surface area contributed by atoms with Crippen molar-refractivity contribution >= 4 is 27.7 Å². The predicted molar refractivity (Wildman–Crippen MR) is 127 cm³/mol. The number of primary amides is 1. The Hall–Kier alpha value is -4.39. The maximum absolute atomic E-state index is 11.4. The molecule has 0 atom stereocenters. The zero-order chi connectivity index (χ0) is 22.9. The Balaban J connectivity index is 1.64. The predicted octanol–water partition coefficient (Wildman–Crippen LogP) is 4.10. The molecule has 33 heavy (non-hydrogen) atoms. The quantitative estimate of drug-likeness (QED) is 0.415. The molecule has 0 saturated heterocycles. The van der Waals surface area contributed by atoms with Crippen LogP contribution in [0, 0.1) is 0 Å². The van der Waals surface area contributed by atoms with Crippen LogP contribution >= 0.6 is 0 Å². The molecule has 0 fully saturated rings. The van der Waals surface area contributed by atoms with E-state index in [-0.39, 0.29) is 18.1 Å². The molecule has 0 radical (unpaired) electrons. The number of aromatic nitrogens is 3. The lowest BCUT2D eigenvalue weighted by molar-refractivity contribution is -0.117. The molecule has 0 unspecified atom stereocenters. The highest BCUT2D eigenvalue weighted by molar-refractivity contribution is 6.11. The van der Waals surface area contributed by atoms with Crippen molar-refractivity contribution in [1.82, 2.24) is 14.8 Å². The van der Waals surface area contributed by atoms with Crippen molar-refractivity contribution in [2.45, 2.75) is 13.0 Å². The van der Waals surface area contributed by atoms with E-state index in [9.17, 15) is 9.90 Å². The Morgan fingerprint density at radius 2 is 1.85 bits per heavy atom. The summed E-state index contributed by atoms with van der Waals surface area (Å²) in [5.74, 6) is 0.0143. The first-order chi connectivity index (χ1) is 16.0. The van der Waals surface area contributed by atoms with E-state index in [2.05, 4.69) is 4.98 Å². The number of hydrogen-bond acceptors (Lipinski definition) is 5. The van der Waals surface area contributed by atoms with Crippen LogP contribution in [0.4, 0.5) is 0 Å². The minimum atomic E-state index is -0.386. The van der Waals surface area contributed by atoms with Crippen LogP contribution in [0.1, 0.15) is 11.1 Å². The number of carbonyl (C=O) groups is 1. The maximum atomic E-state index is 11.4. The van der Waals surface area contributed by atoms with Gasteiger partial charge in [0.25, 0.3) is 0 Å². The van der Waals surface area contributed by atoms with E-state index >= 15 is 0 Å². The van der Waals surface area contributed by atoms with E-state index in [1.54, 1.807) is 23.0 Å². The number of nitrogens with zero attached hydrogens (tertiary/aromatic N) is 3. The Bertz CT molecular complexity index is 1490. The Kier molecular flexibility index (Phi) is 5.14. The minimum absolute atomic E-state index is 0.0270. The summed E-state index contributed by atoms with van der Waals surface area (Å²) in [4.78, 5) is 15.9. The summed E-state index contributed by atoms with van der Waals surface area (Å²) in [5, 5.41) is 17.0. The highest BCUT2D eigenvalue weighted by Crippen LogP contribution is 2.38. The summed E-state index contributed by atoms with van der Waals surface area (Å²) in [5.41, 5.74) is 10.3. The maximum Gasteiger partial charge on any atom is 0.221 e. The zero-order valence-electron chi connectivity index (χ0n) is 18.0. The smallest absolute Gasteiger partial charge is 0.221 e. The van der Waals surface area contributed by atoms with Gasteiger partial charge in [0.2, 0.25) is 5.91 Å². The molecule has 0 bridgehead atoms. The molecule has 7 heteroatoms. The Morgan fingerprint density at radius 3 is 2.64 bits per heavy atom. The minimum Gasteiger partial charge on any atom is -0.504 e. The summed E-state index contributed by atoms with van der Waals surface area (Å²) in [6.45, 7) is 0.332. The largest absolute Gasteiger partial charge is 0.504 e. The van der Waals surface area contributed by atoms with Crippen LogP contribution in [-0.4, -0.2) is 25.8 Å². The fourth-order valence-electron chi connectivity index (χ4n) is 4.03. The number of benzene rings is 3. The number of fused-ring (bicyclic) bond motifs is 3. The summed E-state index contributed by atoms with van der Waals surface area (Å²) in [6, 6.07) is 20.8. The number of amides is 1. The number of hydrogen-bond donors (Lipinski definition) is 2. The number of phenols is 1. The van der Waals surface area contributed by atoms with E-state index in [0.717, 1.165) is 38.7 Å². The van der Waals surface area contributed by atoms with Crippen LogP contribution in [0.5, 0.6) is 11.5 Å². The zero-order valence-corrected chi connectivity index (χ0v) is 18.0. The second-order valence-electron chi connectivity index (χ2n) is 7.95. The summed E-state index contributed by atoms with van der Waals surface area (Å²) in [6.07, 6.45) is 1.90. The van der Waals surface area contributed by atoms with Crippen LogP contribution < -0.4 is 10.5 Å². The van der Waals surface area contributed by atoms with Crippen LogP contribution in [0.15, 0.2) is 72.9 Å². The molecule has 0 aliphatic carbocycles. The number of carbonyl (C=O) groups excluding carboxylic acids is 1. The number of ether oxygens (including phenoxy) is 1. The third kappa shape index (κ3) is 3.96. The highest BCUT2D eigenvalue weighted by Gasteiger charge is 2.17. The molecular weight excluding hydrogens is 416 g/mol. The lowest BCUT2D eigenvalue weighted by atomic mass is 10.0. The average molecular weight is 438 g/mol. The van der Waals surface area contributed by atoms with Crippen LogP contribution in [0.2, 0.25) is 0 Å². The molecule has 3 N–H and O–H groups in total. The van der Waals surface area contributed by atoms with Gasteiger partial charge in [-0.05, 0) is 23.3 Å². The molecule has 0 aliphatic heterocycles. The summed E-state index contributed by atoms with van der Waals surface area (Å²) in [7, 11) is 1.86. The van der Waals surface area contributed by atoms with Gasteiger partial charge in [0.15, 0.2) is 11.5 Å². The SMILES string of the molecule is Cn1nc(-c2cccc(CC(N)=O)c2)c2c3cc(OCc4ccccc4)c(O)cc3ncc21. The number of rotatable bonds is 6. The normalized spacial score (nSPS) is 11.2. The molecule has 7 nitrogen and oxygen atoms in total. The van der Waals surface area contributed by atoms with Crippen molar-refractivity contribution in [3.8, 4) is 22.8 Å². The topological polar surface area (TPSA) is 103 Å². The van der Waals surface area contributed by atoms with E-state index < -0.39 is 0 Å². The lowest BCUT2D eigenvalue weighted by Crippen LogP contribution is -2.13. The first-order valence-electron chi connectivity index (χ1n) is 10.5. The second kappa shape index (κ2) is 8.27. The van der Waals surface area contributed by atoms with Gasteiger partial charge in [0.05, 0.1) is 23.7 Å². The average Bonchev–Trinajstić information content (AvgIpc) is 3.15. The van der Waals surface area contributed by atoms with Crippen LogP contribution in [0.25, 0.3) is 33.1 Å². The van der Waals surface area contributed by atoms with Gasteiger partial charge in [-0.15, -0.1) is 0 Å². The summed E-state index contributed by atoms with van der Waals surface area (Å²) >= 11 is 0. The Morgan fingerprint density at radius 1 is 1.06 bits per heavy atom. The molecule has 5 rings (SSSR count). The number of nitrogens with two attached hydrogens (primary N) is 1. The lowest BCUT2D eigenvalue weighted by Gasteiger charge is -2.10. The molecule has 0 saturated carbocycles. The van der Waals surface area contributed by atoms with Crippen molar-refractivity contribution in [3.63, 3.8) is 0 Å². The van der Waals surface area contributed by atoms with Gasteiger partial charge in [-0.2, -0.15) is 5.10 Å². The highest BCUT2D eigenvalue weighted by atomic mass is 16.5. The molecule has 3 aromatic carbocycles. The third-order valence-electron chi connectivity index (χ3n) is 5.58. The molecule has 0 aliphatic rings. The number of phenolic OH excluding ortho intramolecular Hbond substituents is 1. The van der Waals surface area contributed by atoms with E-state index in [1.165, 1.54) is 0 Å². The summed E-state index contributed by atoms with van der Waals surface area (Å²) < 4.78 is 7.71. The molecule has 0 spiro atoms. The standard InChI is InChI=1S/C26H22N4O3/c1-30-21-14-28-20-13-22(31)23(33-15-16-6-3-2-4-7-16)12-19(20)25(21)26(29-30)18-9-5-8-17(10-18)11-24(27)32/h2-10,12-14,31H,11,15H2,1H3,(H2,27,32). The van der Waals surface area contributed by atoms with Crippen LogP contribution in [-0.2, 0) is 24.9 Å². The number of aromatic hydroxyl groups is 1. The third-order valence-corrected chi connectivity index (χ3v) is 5.58. The van der Waals surface area contributed by atoms with Crippen molar-refractivity contribution in [2.24, 2.45) is 12.8 Å². The van der Waals surface area contributed by atoms with Gasteiger partial charge in [0.1, 0.15) is 12.3 Å². The van der Waals surface area contributed by atoms with Gasteiger partial charge in [-0.1, -0.05) is 48.5 Å². The van der Waals surface area contributed by atoms with Gasteiger partial charge in [-0.25, -0.2) is 0 Å². The van der Waals surface area contributed by atoms with Crippen molar-refractivity contribution < 1.29 is 14.6 Å². The van der Waals surface area contributed by atoms with Gasteiger partial charge < -0.3 is 15.6 Å². The van der Waals surface area contributed by atoms with E-state index in [4.69, 9.17) is 15.6 Å². The second-order valence-corrected chi connectivity index (χ2v) is 7.95. The fourth-order valence-corrected chi connectivity index (χ4v) is 4.03. The van der Waals surface area contributed by atoms with Crippen molar-refractivity contribution in [1.29, 1.82) is 0 Å². The molecule has 2 aromatic heterocycles. The molecule has 2 heterocycles. The molecule has 1 amide bonds. The monoisotopic (exact) mass is 438 g/mol. The van der Waals surface area contributed by atoms with Gasteiger partial charge >= 0.3 is 0 Å². The molecule has 5 aromatic rings. The first kappa shape index (κ1) is 20.5. The van der Waals surface area contributed by atoms with Gasteiger partial charge in [0, 0.05) is 29.4 Å². The number of pyridine rings is 1. The Labute approximate surface area is 190 Å². The molecular formula is C26H22N4O3. The first-order valence-corrected chi connectivity index (χ1v) is 10.5. The van der Waals surface area contributed by atoms with E-state index in [0.29, 0.717) is 17.9 Å². The van der Waals surface area contributed by atoms with Crippen molar-refractivity contribution in [3.05, 3.63) is 84.1 Å².